The highest BCUT2D eigenvalue weighted by molar-refractivity contribution is 6.35. The van der Waals surface area contributed by atoms with Gasteiger partial charge < -0.3 is 14.2 Å². The minimum Gasteiger partial charge on any atom is -0.503 e. The van der Waals surface area contributed by atoms with E-state index in [0.717, 1.165) is 0 Å². The first-order chi connectivity index (χ1) is 14.4. The van der Waals surface area contributed by atoms with Crippen molar-refractivity contribution in [2.75, 3.05) is 14.2 Å². The largest absolute Gasteiger partial charge is 0.503 e. The molecule has 0 saturated carbocycles. The van der Waals surface area contributed by atoms with Crippen LogP contribution in [0, 0.1) is 0 Å². The molecule has 0 radical (unpaired) electrons. The van der Waals surface area contributed by atoms with Gasteiger partial charge >= 0.3 is 5.97 Å². The summed E-state index contributed by atoms with van der Waals surface area (Å²) in [5.41, 5.74) is 2.01. The van der Waals surface area contributed by atoms with E-state index in [9.17, 15) is 4.79 Å². The molecule has 156 valence electrons. The molecule has 0 saturated heterocycles. The second-order valence-corrected chi connectivity index (χ2v) is 7.26. The van der Waals surface area contributed by atoms with E-state index < -0.39 is 5.97 Å². The third kappa shape index (κ3) is 4.90. The molecule has 0 aliphatic carbocycles. The maximum Gasteiger partial charge on any atom is 0.341 e. The molecule has 3 rings (SSSR count). The summed E-state index contributed by atoms with van der Waals surface area (Å²) in [5.74, 6) is -0.204. The lowest BCUT2D eigenvalue weighted by Gasteiger charge is -2.13. The zero-order valence-corrected chi connectivity index (χ0v) is 18.3. The van der Waals surface area contributed by atoms with E-state index in [2.05, 4.69) is 5.10 Å². The fourth-order valence-electron chi connectivity index (χ4n) is 2.74. The molecule has 0 fully saturated rings. The predicted octanol–water partition coefficient (Wildman–Crippen LogP) is 5.57. The van der Waals surface area contributed by atoms with Crippen LogP contribution in [-0.4, -0.2) is 30.0 Å². The lowest BCUT2D eigenvalue weighted by Crippen LogP contribution is -2.09. The third-order valence-electron chi connectivity index (χ3n) is 4.14. The van der Waals surface area contributed by atoms with Gasteiger partial charge in [0.05, 0.1) is 31.2 Å². The van der Waals surface area contributed by atoms with Crippen molar-refractivity contribution < 1.29 is 19.0 Å². The molecule has 3 aromatic rings. The van der Waals surface area contributed by atoms with Crippen LogP contribution < -0.4 is 4.74 Å². The van der Waals surface area contributed by atoms with Crippen molar-refractivity contribution in [2.24, 2.45) is 0 Å². The van der Waals surface area contributed by atoms with E-state index in [1.165, 1.54) is 20.5 Å². The van der Waals surface area contributed by atoms with Crippen LogP contribution in [-0.2, 0) is 20.9 Å². The zero-order chi connectivity index (χ0) is 21.7. The average molecular weight is 468 g/mol. The summed E-state index contributed by atoms with van der Waals surface area (Å²) >= 11 is 18.5. The maximum absolute atomic E-state index is 12.2. The summed E-state index contributed by atoms with van der Waals surface area (Å²) in [5, 5.41) is 5.79. The van der Waals surface area contributed by atoms with E-state index in [4.69, 9.17) is 49.0 Å². The van der Waals surface area contributed by atoms with Gasteiger partial charge in [-0.15, -0.1) is 5.10 Å². The van der Waals surface area contributed by atoms with Gasteiger partial charge in [-0.1, -0.05) is 46.9 Å². The quantitative estimate of drug-likeness (QED) is 0.258. The van der Waals surface area contributed by atoms with Crippen molar-refractivity contribution >= 4 is 46.3 Å². The molecule has 30 heavy (non-hydrogen) atoms. The molecule has 0 atom stereocenters. The number of nitrogens with zero attached hydrogens (tertiary/aromatic N) is 2. The van der Waals surface area contributed by atoms with Crippen LogP contribution in [0.1, 0.15) is 11.1 Å². The van der Waals surface area contributed by atoms with Crippen molar-refractivity contribution in [3.8, 4) is 11.6 Å². The van der Waals surface area contributed by atoms with Gasteiger partial charge in [0.1, 0.15) is 12.2 Å². The Morgan fingerprint density at radius 1 is 1.10 bits per heavy atom. The lowest BCUT2D eigenvalue weighted by atomic mass is 10.0. The SMILES string of the molecule is CO/C=C(/C(=O)OC)c1cccc(Cl)c1COc1ccn(-c2ccc(Cl)cc2Cl)n1. The van der Waals surface area contributed by atoms with Crippen LogP contribution in [0.3, 0.4) is 0 Å². The van der Waals surface area contributed by atoms with E-state index in [0.29, 0.717) is 37.8 Å². The van der Waals surface area contributed by atoms with Crippen LogP contribution in [0.5, 0.6) is 5.88 Å². The molecule has 1 heterocycles. The molecule has 0 unspecified atom stereocenters. The molecule has 0 N–H and O–H groups in total. The molecule has 6 nitrogen and oxygen atoms in total. The second kappa shape index (κ2) is 9.89. The highest BCUT2D eigenvalue weighted by atomic mass is 35.5. The number of esters is 1. The lowest BCUT2D eigenvalue weighted by molar-refractivity contribution is -0.133. The van der Waals surface area contributed by atoms with Crippen molar-refractivity contribution in [2.45, 2.75) is 6.61 Å². The number of hydrogen-bond acceptors (Lipinski definition) is 5. The summed E-state index contributed by atoms with van der Waals surface area (Å²) in [4.78, 5) is 12.2. The molecule has 0 spiro atoms. The second-order valence-electron chi connectivity index (χ2n) is 6.01. The summed E-state index contributed by atoms with van der Waals surface area (Å²) in [6, 6.07) is 12.0. The van der Waals surface area contributed by atoms with E-state index in [-0.39, 0.29) is 12.2 Å². The number of hydrogen-bond donors (Lipinski definition) is 0. The zero-order valence-electron chi connectivity index (χ0n) is 16.1. The van der Waals surface area contributed by atoms with Gasteiger partial charge in [-0.05, 0) is 24.3 Å². The summed E-state index contributed by atoms with van der Waals surface area (Å²) in [6.07, 6.45) is 3.01. The maximum atomic E-state index is 12.2. The molecule has 2 aromatic carbocycles. The van der Waals surface area contributed by atoms with E-state index in [1.807, 2.05) is 0 Å². The molecular formula is C21H17Cl3N2O4. The number of aromatic nitrogens is 2. The molecule has 9 heteroatoms. The van der Waals surface area contributed by atoms with Crippen LogP contribution in [0.25, 0.3) is 11.3 Å². The molecule has 0 aliphatic heterocycles. The predicted molar refractivity (Wildman–Crippen MR) is 116 cm³/mol. The summed E-state index contributed by atoms with van der Waals surface area (Å²) < 4.78 is 17.3. The fraction of sp³-hybridized carbons (Fsp3) is 0.143. The Balaban J connectivity index is 1.86. The molecular weight excluding hydrogens is 451 g/mol. The van der Waals surface area contributed by atoms with Crippen molar-refractivity contribution in [3.63, 3.8) is 0 Å². The number of rotatable bonds is 7. The van der Waals surface area contributed by atoms with Gasteiger partial charge in [0, 0.05) is 33.4 Å². The van der Waals surface area contributed by atoms with Crippen LogP contribution in [0.15, 0.2) is 54.9 Å². The minimum atomic E-state index is -0.554. The summed E-state index contributed by atoms with van der Waals surface area (Å²) in [6.45, 7) is 0.0679. The van der Waals surface area contributed by atoms with Gasteiger partial charge in [-0.25, -0.2) is 9.48 Å². The van der Waals surface area contributed by atoms with Gasteiger partial charge in [-0.3, -0.25) is 0 Å². The first kappa shape index (κ1) is 22.0. The summed E-state index contributed by atoms with van der Waals surface area (Å²) in [7, 11) is 2.74. The van der Waals surface area contributed by atoms with Crippen LogP contribution in [0.4, 0.5) is 0 Å². The molecule has 0 aliphatic rings. The number of benzene rings is 2. The van der Waals surface area contributed by atoms with Crippen molar-refractivity contribution in [1.82, 2.24) is 9.78 Å². The van der Waals surface area contributed by atoms with Crippen LogP contribution >= 0.6 is 34.8 Å². The highest BCUT2D eigenvalue weighted by Crippen LogP contribution is 2.29. The average Bonchev–Trinajstić information content (AvgIpc) is 3.19. The van der Waals surface area contributed by atoms with E-state index >= 15 is 0 Å². The Kier molecular flexibility index (Phi) is 7.26. The monoisotopic (exact) mass is 466 g/mol. The van der Waals surface area contributed by atoms with Gasteiger partial charge in [0.15, 0.2) is 0 Å². The normalized spacial score (nSPS) is 11.3. The smallest absolute Gasteiger partial charge is 0.341 e. The number of halogens is 3. The van der Waals surface area contributed by atoms with E-state index in [1.54, 1.807) is 53.3 Å². The Hall–Kier alpha value is -2.67. The number of ether oxygens (including phenoxy) is 3. The Bertz CT molecular complexity index is 1100. The van der Waals surface area contributed by atoms with Gasteiger partial charge in [0.2, 0.25) is 5.88 Å². The van der Waals surface area contributed by atoms with Crippen molar-refractivity contribution in [3.05, 3.63) is 81.1 Å². The molecule has 1 aromatic heterocycles. The molecule has 0 bridgehead atoms. The minimum absolute atomic E-state index is 0.0679. The Labute approximate surface area is 188 Å². The van der Waals surface area contributed by atoms with Gasteiger partial charge in [-0.2, -0.15) is 0 Å². The van der Waals surface area contributed by atoms with Crippen LogP contribution in [0.2, 0.25) is 15.1 Å². The molecule has 0 amide bonds. The fourth-order valence-corrected chi connectivity index (χ4v) is 3.46. The Morgan fingerprint density at radius 3 is 2.60 bits per heavy atom. The Morgan fingerprint density at radius 2 is 1.90 bits per heavy atom. The van der Waals surface area contributed by atoms with Gasteiger partial charge in [0.25, 0.3) is 0 Å². The van der Waals surface area contributed by atoms with Crippen molar-refractivity contribution in [1.29, 1.82) is 0 Å². The highest BCUT2D eigenvalue weighted by Gasteiger charge is 2.19. The topological polar surface area (TPSA) is 62.6 Å². The first-order valence-electron chi connectivity index (χ1n) is 8.67. The number of carbonyl (C=O) groups is 1. The number of carbonyl (C=O) groups excluding carboxylic acids is 1. The first-order valence-corrected chi connectivity index (χ1v) is 9.81. The number of methoxy groups -OCH3 is 2. The third-order valence-corrected chi connectivity index (χ3v) is 5.03. The standard InChI is InChI=1S/C21H17Cl3N2O4/c1-28-11-16(21(27)29-2)14-4-3-5-17(23)15(14)12-30-20-8-9-26(25-20)19-7-6-13(22)10-18(19)24/h3-11H,12H2,1-2H3/b16-11+.